The molecule has 0 saturated heterocycles. The lowest BCUT2D eigenvalue weighted by molar-refractivity contribution is -0.112. The Balaban J connectivity index is 1.77. The van der Waals surface area contributed by atoms with Crippen LogP contribution >= 0.6 is 73.3 Å². The van der Waals surface area contributed by atoms with Gasteiger partial charge in [-0.2, -0.15) is 5.26 Å². The number of anilines is 1. The van der Waals surface area contributed by atoms with Crippen molar-refractivity contribution in [3.63, 3.8) is 0 Å². The number of benzene rings is 3. The van der Waals surface area contributed by atoms with Crippen molar-refractivity contribution >= 4 is 91.0 Å². The molecule has 0 aliphatic carbocycles. The number of ether oxygens (including phenoxy) is 1. The number of carbonyl (C=O) groups excluding carboxylic acids is 1. The van der Waals surface area contributed by atoms with E-state index in [1.807, 2.05) is 18.2 Å². The van der Waals surface area contributed by atoms with Gasteiger partial charge in [-0.25, -0.2) is 0 Å². The van der Waals surface area contributed by atoms with Crippen LogP contribution in [0.4, 0.5) is 5.69 Å². The van der Waals surface area contributed by atoms with E-state index in [2.05, 4.69) is 43.8 Å². The van der Waals surface area contributed by atoms with Gasteiger partial charge < -0.3 is 10.1 Å². The van der Waals surface area contributed by atoms with Crippen LogP contribution in [0, 0.1) is 14.9 Å². The molecule has 0 radical (unpaired) electrons. The van der Waals surface area contributed by atoms with Crippen LogP contribution in [-0.2, 0) is 11.4 Å². The number of carbonyl (C=O) groups is 1. The lowest BCUT2D eigenvalue weighted by Crippen LogP contribution is -2.13. The predicted octanol–water partition coefficient (Wildman–Crippen LogP) is 8.14. The second-order valence-corrected chi connectivity index (χ2v) is 9.75. The number of nitrogens with one attached hydrogen (secondary N) is 1. The number of nitrogens with zero attached hydrogens (tertiary/aromatic N) is 1. The summed E-state index contributed by atoms with van der Waals surface area (Å²) in [7, 11) is 0. The molecule has 0 fully saturated rings. The Kier molecular flexibility index (Phi) is 8.86. The SMILES string of the molecule is N#C/C(=C\c1cc(Br)c(OCc2ccc(Cl)c(Cl)c2)c(I)c1)C(=O)Nc1cccc(Cl)c1. The van der Waals surface area contributed by atoms with Crippen LogP contribution in [0.15, 0.2) is 64.6 Å². The molecule has 162 valence electrons. The fraction of sp³-hybridized carbons (Fsp3) is 0.0435. The monoisotopic (exact) mass is 660 g/mol. The van der Waals surface area contributed by atoms with Gasteiger partial charge in [0.25, 0.3) is 5.91 Å². The van der Waals surface area contributed by atoms with E-state index < -0.39 is 5.91 Å². The first-order chi connectivity index (χ1) is 15.3. The Morgan fingerprint density at radius 2 is 1.91 bits per heavy atom. The Bertz CT molecular complexity index is 1240. The molecule has 4 nitrogen and oxygen atoms in total. The maximum atomic E-state index is 12.5. The lowest BCUT2D eigenvalue weighted by atomic mass is 10.1. The molecule has 32 heavy (non-hydrogen) atoms. The molecule has 3 aromatic carbocycles. The second kappa shape index (κ2) is 11.4. The molecule has 0 aliphatic heterocycles. The third kappa shape index (κ3) is 6.63. The average molecular weight is 663 g/mol. The molecule has 0 unspecified atom stereocenters. The van der Waals surface area contributed by atoms with E-state index >= 15 is 0 Å². The molecule has 0 heterocycles. The average Bonchev–Trinajstić information content (AvgIpc) is 2.73. The first-order valence-corrected chi connectivity index (χ1v) is 12.0. The van der Waals surface area contributed by atoms with Gasteiger partial charge in [-0.1, -0.05) is 46.9 Å². The third-order valence-corrected chi connectivity index (χ3v) is 6.51. The number of amides is 1. The predicted molar refractivity (Wildman–Crippen MR) is 141 cm³/mol. The van der Waals surface area contributed by atoms with Gasteiger partial charge in [0, 0.05) is 10.7 Å². The van der Waals surface area contributed by atoms with Crippen molar-refractivity contribution in [3.8, 4) is 11.8 Å². The van der Waals surface area contributed by atoms with Crippen molar-refractivity contribution < 1.29 is 9.53 Å². The summed E-state index contributed by atoms with van der Waals surface area (Å²) in [6.45, 7) is 0.298. The van der Waals surface area contributed by atoms with Crippen molar-refractivity contribution in [1.29, 1.82) is 5.26 Å². The molecule has 1 N–H and O–H groups in total. The lowest BCUT2D eigenvalue weighted by Gasteiger charge is -2.12. The van der Waals surface area contributed by atoms with E-state index in [1.54, 1.807) is 42.5 Å². The van der Waals surface area contributed by atoms with Crippen molar-refractivity contribution in [1.82, 2.24) is 0 Å². The van der Waals surface area contributed by atoms with Gasteiger partial charge in [0.2, 0.25) is 0 Å². The van der Waals surface area contributed by atoms with Crippen LogP contribution in [-0.4, -0.2) is 5.91 Å². The van der Waals surface area contributed by atoms with E-state index in [9.17, 15) is 10.1 Å². The summed E-state index contributed by atoms with van der Waals surface area (Å²) in [5, 5.41) is 13.6. The first-order valence-electron chi connectivity index (χ1n) is 9.01. The van der Waals surface area contributed by atoms with Crippen molar-refractivity contribution in [2.24, 2.45) is 0 Å². The van der Waals surface area contributed by atoms with Crippen LogP contribution in [0.5, 0.6) is 5.75 Å². The van der Waals surface area contributed by atoms with Crippen molar-refractivity contribution in [2.75, 3.05) is 5.32 Å². The number of hydrogen-bond donors (Lipinski definition) is 1. The van der Waals surface area contributed by atoms with Gasteiger partial charge in [-0.15, -0.1) is 0 Å². The van der Waals surface area contributed by atoms with Crippen LogP contribution in [0.2, 0.25) is 15.1 Å². The number of rotatable bonds is 6. The molecule has 0 aliphatic rings. The fourth-order valence-corrected chi connectivity index (χ4v) is 4.95. The number of halogens is 5. The summed E-state index contributed by atoms with van der Waals surface area (Å²) < 4.78 is 7.42. The van der Waals surface area contributed by atoms with E-state index in [4.69, 9.17) is 39.5 Å². The molecule has 3 aromatic rings. The maximum Gasteiger partial charge on any atom is 0.266 e. The zero-order chi connectivity index (χ0) is 23.3. The van der Waals surface area contributed by atoms with Crippen LogP contribution in [0.25, 0.3) is 6.08 Å². The standard InChI is InChI=1S/C23H13BrCl3IN2O2/c24-18-7-14(6-15(11-29)23(31)30-17-3-1-2-16(25)10-17)9-21(28)22(18)32-12-13-4-5-19(26)20(27)8-13/h1-10H,12H2,(H,30,31)/b15-6+. The quantitative estimate of drug-likeness (QED) is 0.165. The largest absolute Gasteiger partial charge is 0.487 e. The Morgan fingerprint density at radius 3 is 2.56 bits per heavy atom. The van der Waals surface area contributed by atoms with E-state index in [0.717, 1.165) is 9.13 Å². The number of nitriles is 1. The molecule has 1 amide bonds. The molecule has 0 atom stereocenters. The van der Waals surface area contributed by atoms with Gasteiger partial charge in [0.05, 0.1) is 18.1 Å². The molecule has 9 heteroatoms. The van der Waals surface area contributed by atoms with E-state index in [1.165, 1.54) is 6.08 Å². The van der Waals surface area contributed by atoms with Crippen LogP contribution < -0.4 is 10.1 Å². The second-order valence-electron chi connectivity index (χ2n) is 6.49. The summed E-state index contributed by atoms with van der Waals surface area (Å²) in [4.78, 5) is 12.5. The highest BCUT2D eigenvalue weighted by atomic mass is 127. The molecule has 0 aromatic heterocycles. The first kappa shape index (κ1) is 24.9. The van der Waals surface area contributed by atoms with E-state index in [0.29, 0.717) is 43.1 Å². The van der Waals surface area contributed by atoms with Gasteiger partial charge in [-0.3, -0.25) is 4.79 Å². The topological polar surface area (TPSA) is 62.1 Å². The Hall–Kier alpha value is -1.76. The summed E-state index contributed by atoms with van der Waals surface area (Å²) in [5.74, 6) is 0.108. The Labute approximate surface area is 222 Å². The smallest absolute Gasteiger partial charge is 0.266 e. The molecule has 0 spiro atoms. The minimum atomic E-state index is -0.527. The maximum absolute atomic E-state index is 12.5. The minimum Gasteiger partial charge on any atom is -0.487 e. The highest BCUT2D eigenvalue weighted by Gasteiger charge is 2.13. The van der Waals surface area contributed by atoms with Gasteiger partial charge in [-0.05, 0) is 98.2 Å². The molecule has 3 rings (SSSR count). The molecular formula is C23H13BrCl3IN2O2. The Morgan fingerprint density at radius 1 is 1.12 bits per heavy atom. The van der Waals surface area contributed by atoms with Gasteiger partial charge >= 0.3 is 0 Å². The molecule has 0 saturated carbocycles. The summed E-state index contributed by atoms with van der Waals surface area (Å²) in [6.07, 6.45) is 1.51. The highest BCUT2D eigenvalue weighted by Crippen LogP contribution is 2.34. The number of hydrogen-bond acceptors (Lipinski definition) is 3. The van der Waals surface area contributed by atoms with Crippen molar-refractivity contribution in [3.05, 3.63) is 94.4 Å². The minimum absolute atomic E-state index is 0.0443. The molecular weight excluding hydrogens is 649 g/mol. The fourth-order valence-electron chi connectivity index (χ4n) is 2.67. The zero-order valence-corrected chi connectivity index (χ0v) is 22.1. The van der Waals surface area contributed by atoms with Crippen LogP contribution in [0.1, 0.15) is 11.1 Å². The summed E-state index contributed by atoms with van der Waals surface area (Å²) in [5.41, 5.74) is 2.00. The third-order valence-electron chi connectivity index (χ3n) is 4.15. The van der Waals surface area contributed by atoms with Gasteiger partial charge in [0.1, 0.15) is 24.0 Å². The zero-order valence-electron chi connectivity index (χ0n) is 16.1. The highest BCUT2D eigenvalue weighted by molar-refractivity contribution is 14.1. The van der Waals surface area contributed by atoms with Gasteiger partial charge in [0.15, 0.2) is 0 Å². The van der Waals surface area contributed by atoms with Crippen molar-refractivity contribution in [2.45, 2.75) is 6.61 Å². The molecule has 0 bridgehead atoms. The summed E-state index contributed by atoms with van der Waals surface area (Å²) in [6, 6.07) is 17.5. The van der Waals surface area contributed by atoms with E-state index in [-0.39, 0.29) is 5.57 Å². The normalized spacial score (nSPS) is 11.1. The van der Waals surface area contributed by atoms with Crippen LogP contribution in [0.3, 0.4) is 0 Å². The summed E-state index contributed by atoms with van der Waals surface area (Å²) >= 11 is 23.6.